The Bertz CT molecular complexity index is 2560. The van der Waals surface area contributed by atoms with Crippen LogP contribution in [0.2, 0.25) is 0 Å². The number of rotatable bonds is 9. The molecule has 3 saturated carbocycles. The third kappa shape index (κ3) is 7.96. The summed E-state index contributed by atoms with van der Waals surface area (Å²) in [6.45, 7) is 20.8. The second-order valence-corrected chi connectivity index (χ2v) is 22.1. The summed E-state index contributed by atoms with van der Waals surface area (Å²) < 4.78 is 24.4. The van der Waals surface area contributed by atoms with Gasteiger partial charge in [0.2, 0.25) is 5.72 Å². The van der Waals surface area contributed by atoms with Gasteiger partial charge in [0, 0.05) is 24.5 Å². The molecule has 67 heavy (non-hydrogen) atoms. The fourth-order valence-corrected chi connectivity index (χ4v) is 14.3. The number of carbonyl (C=O) groups is 2. The van der Waals surface area contributed by atoms with Crippen LogP contribution in [0.15, 0.2) is 95.5 Å². The third-order valence-electron chi connectivity index (χ3n) is 17.9. The van der Waals surface area contributed by atoms with Crippen LogP contribution in [0.1, 0.15) is 149 Å². The monoisotopic (exact) mass is 907 g/mol. The van der Waals surface area contributed by atoms with Crippen LogP contribution >= 0.6 is 0 Å². The molecule has 1 unspecified atom stereocenters. The highest BCUT2D eigenvalue weighted by molar-refractivity contribution is 6.10. The van der Waals surface area contributed by atoms with Gasteiger partial charge in [-0.05, 0) is 165 Å². The smallest absolute Gasteiger partial charge is 0.459 e. The number of nitrogens with zero attached hydrogens (tertiary/aromatic N) is 2. The fraction of sp³-hybridized carbons (Fsp3) is 0.542. The number of para-hydroxylation sites is 1. The maximum absolute atomic E-state index is 13.7. The average molecular weight is 907 g/mol. The number of aliphatic imine (C=N–C) groups is 1. The van der Waals surface area contributed by atoms with E-state index in [0.29, 0.717) is 45.2 Å². The third-order valence-corrected chi connectivity index (χ3v) is 17.9. The Labute approximate surface area is 399 Å². The molecule has 2 heterocycles. The molecule has 2 aliphatic heterocycles. The van der Waals surface area contributed by atoms with Crippen LogP contribution in [0.25, 0.3) is 10.8 Å². The molecule has 0 N–H and O–H groups in total. The summed E-state index contributed by atoms with van der Waals surface area (Å²) in [6, 6.07) is 24.2. The van der Waals surface area contributed by atoms with Gasteiger partial charge in [-0.15, -0.1) is 0 Å². The van der Waals surface area contributed by atoms with E-state index in [-0.39, 0.29) is 16.9 Å². The van der Waals surface area contributed by atoms with E-state index < -0.39 is 17.8 Å². The summed E-state index contributed by atoms with van der Waals surface area (Å²) in [5, 5.41) is 1.51. The molecule has 9 atom stereocenters. The van der Waals surface area contributed by atoms with Crippen molar-refractivity contribution in [2.75, 3.05) is 11.9 Å². The molecular weight excluding hydrogens is 833 g/mol. The molecule has 4 aromatic rings. The van der Waals surface area contributed by atoms with Crippen molar-refractivity contribution < 1.29 is 28.5 Å². The van der Waals surface area contributed by atoms with Gasteiger partial charge >= 0.3 is 12.1 Å². The highest BCUT2D eigenvalue weighted by atomic mass is 16.7. The molecule has 8 heteroatoms. The Balaban J connectivity index is 0.00000278. The number of benzene rings is 4. The van der Waals surface area contributed by atoms with Crippen LogP contribution in [0.3, 0.4) is 0 Å². The maximum Gasteiger partial charge on any atom is 0.514 e. The van der Waals surface area contributed by atoms with Crippen molar-refractivity contribution in [2.45, 2.75) is 150 Å². The molecule has 0 radical (unpaired) electrons. The lowest BCUT2D eigenvalue weighted by atomic mass is 9.47. The normalized spacial score (nSPS) is 30.1. The average Bonchev–Trinajstić information content (AvgIpc) is 3.75. The van der Waals surface area contributed by atoms with Gasteiger partial charge in [0.15, 0.2) is 0 Å². The zero-order chi connectivity index (χ0) is 47.5. The number of likely N-dealkylation sites (N-methyl/N-ethyl adjacent to an activating group) is 1. The van der Waals surface area contributed by atoms with Crippen LogP contribution in [0.4, 0.5) is 16.2 Å². The number of esters is 1. The van der Waals surface area contributed by atoms with Gasteiger partial charge in [-0.2, -0.15) is 0 Å². The van der Waals surface area contributed by atoms with E-state index in [1.807, 2.05) is 57.4 Å². The maximum atomic E-state index is 13.7. The largest absolute Gasteiger partial charge is 0.514 e. The van der Waals surface area contributed by atoms with E-state index in [4.69, 9.17) is 23.9 Å². The SMILES string of the molecule is CC.CC(C)CCC[C@@H](C)[C@H]1CC[C@H]2[C@@H]3CC=C4C[C@@H](OC(=O)Oc5ccc(OC(=O)c6cccc7c8c(ccc67)OC6(C=N8)N(C)c7ccccc7C6(C)C)cc5)CC[C@]4(C)[C@H]3CC[C@]12C. The van der Waals surface area contributed by atoms with Crippen molar-refractivity contribution >= 4 is 40.5 Å². The Hall–Kier alpha value is -5.11. The summed E-state index contributed by atoms with van der Waals surface area (Å²) in [5.41, 5.74) is 4.35. The van der Waals surface area contributed by atoms with E-state index in [1.54, 1.807) is 30.3 Å². The van der Waals surface area contributed by atoms with Gasteiger partial charge in [-0.1, -0.05) is 110 Å². The second kappa shape index (κ2) is 18.1. The van der Waals surface area contributed by atoms with E-state index in [2.05, 4.69) is 77.6 Å². The predicted octanol–water partition coefficient (Wildman–Crippen LogP) is 15.2. The minimum absolute atomic E-state index is 0.178. The van der Waals surface area contributed by atoms with Gasteiger partial charge in [0.05, 0.1) is 17.2 Å². The molecular formula is C59H74N2O6. The number of anilines is 1. The second-order valence-electron chi connectivity index (χ2n) is 22.1. The summed E-state index contributed by atoms with van der Waals surface area (Å²) in [7, 11) is 2.04. The molecule has 4 aliphatic carbocycles. The summed E-state index contributed by atoms with van der Waals surface area (Å²) >= 11 is 0. The van der Waals surface area contributed by atoms with E-state index in [0.717, 1.165) is 66.3 Å². The van der Waals surface area contributed by atoms with Crippen molar-refractivity contribution in [3.8, 4) is 17.2 Å². The first-order valence-electron chi connectivity index (χ1n) is 25.7. The lowest BCUT2D eigenvalue weighted by Gasteiger charge is -2.58. The zero-order valence-corrected chi connectivity index (χ0v) is 41.8. The number of fused-ring (bicyclic) bond motifs is 9. The number of hydrogen-bond donors (Lipinski definition) is 0. The molecule has 8 nitrogen and oxygen atoms in total. The van der Waals surface area contributed by atoms with E-state index >= 15 is 0 Å². The van der Waals surface area contributed by atoms with Gasteiger partial charge in [0.25, 0.3) is 0 Å². The minimum atomic E-state index is -0.807. The van der Waals surface area contributed by atoms with Gasteiger partial charge < -0.3 is 23.8 Å². The number of carbonyl (C=O) groups excluding carboxylic acids is 2. The first-order chi connectivity index (χ1) is 32.1. The molecule has 4 aromatic carbocycles. The molecule has 3 fully saturated rings. The fourth-order valence-electron chi connectivity index (χ4n) is 14.3. The summed E-state index contributed by atoms with van der Waals surface area (Å²) in [5.74, 6) is 5.58. The number of hydrogen-bond acceptors (Lipinski definition) is 8. The minimum Gasteiger partial charge on any atom is -0.459 e. The summed E-state index contributed by atoms with van der Waals surface area (Å²) in [4.78, 5) is 34.0. The highest BCUT2D eigenvalue weighted by Gasteiger charge is 2.60. The van der Waals surface area contributed by atoms with E-state index in [9.17, 15) is 9.59 Å². The predicted molar refractivity (Wildman–Crippen MR) is 270 cm³/mol. The number of allylic oxidation sites excluding steroid dienone is 1. The Morgan fingerprint density at radius 2 is 1.55 bits per heavy atom. The van der Waals surface area contributed by atoms with Gasteiger partial charge in [-0.25, -0.2) is 9.59 Å². The van der Waals surface area contributed by atoms with Gasteiger partial charge in [-0.3, -0.25) is 4.99 Å². The Kier molecular flexibility index (Phi) is 12.7. The first kappa shape index (κ1) is 47.0. The number of ether oxygens (including phenoxy) is 4. The standard InChI is InChI=1S/C57H68N2O6.C2H6/c1-35(2)13-11-14-36(3)45-26-27-46-44-24-19-37-33-40(29-31-55(37,6)47(44)30-32-56(45,46)7)64-53(61)63-39-22-20-38(21-23-39)62-52(60)43-16-12-15-42-41(43)25-28-50-51(42)58-34-57(65-50)54(4,5)48-17-9-10-18-49(48)59(57)8;1-2/h9-10,12,15-23,25,28,34-36,40,44-47H,11,13-14,24,26-27,29-33H2,1-8H3;1-2H3/t36-,40+,44+,45-,46+,47+,55+,56-,57?;/m1./s1. The van der Waals surface area contributed by atoms with Crippen molar-refractivity contribution in [1.82, 2.24) is 0 Å². The molecule has 0 aromatic heterocycles. The molecule has 10 rings (SSSR count). The lowest BCUT2D eigenvalue weighted by molar-refractivity contribution is -0.0597. The highest BCUT2D eigenvalue weighted by Crippen LogP contribution is 2.67. The van der Waals surface area contributed by atoms with Crippen LogP contribution < -0.4 is 19.1 Å². The van der Waals surface area contributed by atoms with Crippen LogP contribution in [-0.4, -0.2) is 37.2 Å². The first-order valence-corrected chi connectivity index (χ1v) is 25.7. The Morgan fingerprint density at radius 3 is 2.30 bits per heavy atom. The molecule has 0 amide bonds. The van der Waals surface area contributed by atoms with Crippen molar-refractivity contribution in [3.63, 3.8) is 0 Å². The summed E-state index contributed by atoms with van der Waals surface area (Å²) in [6.07, 6.45) is 16.9. The Morgan fingerprint density at radius 1 is 0.806 bits per heavy atom. The van der Waals surface area contributed by atoms with Crippen molar-refractivity contribution in [3.05, 3.63) is 102 Å². The van der Waals surface area contributed by atoms with Crippen LogP contribution in [-0.2, 0) is 10.2 Å². The van der Waals surface area contributed by atoms with Crippen molar-refractivity contribution in [2.24, 2.45) is 51.3 Å². The quantitative estimate of drug-likeness (QED) is 0.0715. The molecule has 6 aliphatic rings. The van der Waals surface area contributed by atoms with E-state index in [1.165, 1.54) is 56.1 Å². The molecule has 356 valence electrons. The lowest BCUT2D eigenvalue weighted by Crippen LogP contribution is -2.61. The van der Waals surface area contributed by atoms with Crippen LogP contribution in [0, 0.1) is 46.3 Å². The van der Waals surface area contributed by atoms with Gasteiger partial charge in [0.1, 0.15) is 29.0 Å². The molecule has 1 spiro atoms. The zero-order valence-electron chi connectivity index (χ0n) is 41.8. The van der Waals surface area contributed by atoms with Crippen LogP contribution in [0.5, 0.6) is 17.2 Å². The van der Waals surface area contributed by atoms with Crippen molar-refractivity contribution in [1.29, 1.82) is 0 Å². The molecule has 0 bridgehead atoms. The topological polar surface area (TPSA) is 86.7 Å². The molecule has 0 saturated heterocycles.